The van der Waals surface area contributed by atoms with Gasteiger partial charge in [-0.25, -0.2) is 0 Å². The van der Waals surface area contributed by atoms with E-state index in [0.29, 0.717) is 0 Å². The number of nitrogens with one attached hydrogen (secondary N) is 1. The molecular weight excluding hydrogens is 250 g/mol. The second-order valence-corrected chi connectivity index (χ2v) is 5.59. The predicted molar refractivity (Wildman–Crippen MR) is 81.6 cm³/mol. The Hall–Kier alpha value is -1.87. The molecule has 0 amide bonds. The van der Waals surface area contributed by atoms with Crippen molar-refractivity contribution in [3.05, 3.63) is 48.0 Å². The van der Waals surface area contributed by atoms with E-state index in [1.54, 1.807) is 0 Å². The number of benzene rings is 2. The Morgan fingerprint density at radius 2 is 1.80 bits per heavy atom. The monoisotopic (exact) mass is 271 g/mol. The molecule has 1 N–H and O–H groups in total. The van der Waals surface area contributed by atoms with Crippen molar-refractivity contribution in [2.24, 2.45) is 0 Å². The van der Waals surface area contributed by atoms with Gasteiger partial charge in [-0.15, -0.1) is 0 Å². The molecule has 2 rings (SSSR count). The van der Waals surface area contributed by atoms with E-state index in [-0.39, 0.29) is 12.0 Å². The van der Waals surface area contributed by atoms with Gasteiger partial charge in [0.1, 0.15) is 5.54 Å². The number of rotatable bonds is 4. The summed E-state index contributed by atoms with van der Waals surface area (Å²) in [4.78, 5) is 11.7. The summed E-state index contributed by atoms with van der Waals surface area (Å²) in [5, 5.41) is 5.73. The van der Waals surface area contributed by atoms with Crippen molar-refractivity contribution >= 4 is 16.7 Å². The van der Waals surface area contributed by atoms with E-state index in [9.17, 15) is 4.79 Å². The Labute approximate surface area is 119 Å². The van der Waals surface area contributed by atoms with Gasteiger partial charge in [-0.1, -0.05) is 36.4 Å². The molecule has 2 aromatic rings. The van der Waals surface area contributed by atoms with Crippen LogP contribution in [0.1, 0.15) is 32.4 Å². The largest absolute Gasteiger partial charge is 0.468 e. The molecule has 0 radical (unpaired) electrons. The van der Waals surface area contributed by atoms with Gasteiger partial charge in [-0.2, -0.15) is 0 Å². The number of esters is 1. The maximum absolute atomic E-state index is 11.7. The lowest BCUT2D eigenvalue weighted by Crippen LogP contribution is -2.48. The first kappa shape index (κ1) is 14.5. The fourth-order valence-electron chi connectivity index (χ4n) is 2.42. The van der Waals surface area contributed by atoms with Crippen LogP contribution in [-0.4, -0.2) is 18.6 Å². The van der Waals surface area contributed by atoms with E-state index < -0.39 is 5.54 Å². The average Bonchev–Trinajstić information content (AvgIpc) is 2.45. The van der Waals surface area contributed by atoms with E-state index in [1.807, 2.05) is 26.0 Å². The molecule has 2 aromatic carbocycles. The molecule has 0 bridgehead atoms. The molecular formula is C17H21NO2. The second-order valence-electron chi connectivity index (χ2n) is 5.59. The van der Waals surface area contributed by atoms with Crippen LogP contribution < -0.4 is 5.32 Å². The van der Waals surface area contributed by atoms with Gasteiger partial charge in [-0.05, 0) is 43.2 Å². The van der Waals surface area contributed by atoms with Crippen LogP contribution in [0.4, 0.5) is 0 Å². The highest BCUT2D eigenvalue weighted by Gasteiger charge is 2.30. The van der Waals surface area contributed by atoms with Crippen molar-refractivity contribution in [2.75, 3.05) is 7.11 Å². The van der Waals surface area contributed by atoms with Gasteiger partial charge in [0.15, 0.2) is 0 Å². The number of methoxy groups -OCH3 is 1. The summed E-state index contributed by atoms with van der Waals surface area (Å²) in [6.45, 7) is 5.71. The summed E-state index contributed by atoms with van der Waals surface area (Å²) in [6, 6.07) is 14.7. The van der Waals surface area contributed by atoms with E-state index in [2.05, 4.69) is 42.6 Å². The standard InChI is InChI=1S/C17H21NO2/c1-12(18-17(2,3)16(19)20-4)14-10-9-13-7-5-6-8-15(13)11-14/h5-12,18H,1-4H3. The van der Waals surface area contributed by atoms with Crippen molar-refractivity contribution in [1.29, 1.82) is 0 Å². The Kier molecular flexibility index (Phi) is 4.09. The molecule has 0 aromatic heterocycles. The van der Waals surface area contributed by atoms with E-state index in [1.165, 1.54) is 17.9 Å². The van der Waals surface area contributed by atoms with Gasteiger partial charge in [0, 0.05) is 6.04 Å². The minimum atomic E-state index is -0.709. The summed E-state index contributed by atoms with van der Waals surface area (Å²) in [5.41, 5.74) is 0.445. The number of carbonyl (C=O) groups is 1. The zero-order chi connectivity index (χ0) is 14.8. The number of hydrogen-bond acceptors (Lipinski definition) is 3. The summed E-state index contributed by atoms with van der Waals surface area (Å²) in [5.74, 6) is -0.259. The van der Waals surface area contributed by atoms with Gasteiger partial charge >= 0.3 is 5.97 Å². The summed E-state index contributed by atoms with van der Waals surface area (Å²) < 4.78 is 4.82. The highest BCUT2D eigenvalue weighted by Crippen LogP contribution is 2.22. The molecule has 0 aliphatic rings. The van der Waals surface area contributed by atoms with E-state index in [0.717, 1.165) is 5.56 Å². The molecule has 0 aliphatic carbocycles. The highest BCUT2D eigenvalue weighted by molar-refractivity contribution is 5.83. The lowest BCUT2D eigenvalue weighted by atomic mass is 9.99. The van der Waals surface area contributed by atoms with Gasteiger partial charge in [0.05, 0.1) is 7.11 Å². The fraction of sp³-hybridized carbons (Fsp3) is 0.353. The number of fused-ring (bicyclic) bond motifs is 1. The van der Waals surface area contributed by atoms with Crippen molar-refractivity contribution in [1.82, 2.24) is 5.32 Å². The smallest absolute Gasteiger partial charge is 0.325 e. The average molecular weight is 271 g/mol. The van der Waals surface area contributed by atoms with Crippen LogP contribution in [0.25, 0.3) is 10.8 Å². The third-order valence-corrected chi connectivity index (χ3v) is 3.55. The normalized spacial score (nSPS) is 13.2. The third-order valence-electron chi connectivity index (χ3n) is 3.55. The third kappa shape index (κ3) is 2.99. The fourth-order valence-corrected chi connectivity index (χ4v) is 2.42. The van der Waals surface area contributed by atoms with Crippen LogP contribution in [0.2, 0.25) is 0 Å². The molecule has 0 aliphatic heterocycles. The summed E-state index contributed by atoms with van der Waals surface area (Å²) >= 11 is 0. The first-order valence-electron chi connectivity index (χ1n) is 6.79. The highest BCUT2D eigenvalue weighted by atomic mass is 16.5. The topological polar surface area (TPSA) is 38.3 Å². The van der Waals surface area contributed by atoms with Crippen LogP contribution in [0.5, 0.6) is 0 Å². The van der Waals surface area contributed by atoms with Crippen LogP contribution in [-0.2, 0) is 9.53 Å². The molecule has 0 saturated heterocycles. The molecule has 0 spiro atoms. The first-order chi connectivity index (χ1) is 9.44. The van der Waals surface area contributed by atoms with Crippen molar-refractivity contribution < 1.29 is 9.53 Å². The quantitative estimate of drug-likeness (QED) is 0.866. The molecule has 0 saturated carbocycles. The minimum Gasteiger partial charge on any atom is -0.468 e. The van der Waals surface area contributed by atoms with Gasteiger partial charge < -0.3 is 4.74 Å². The summed E-state index contributed by atoms with van der Waals surface area (Å²) in [7, 11) is 1.41. The Morgan fingerprint density at radius 3 is 2.45 bits per heavy atom. The van der Waals surface area contributed by atoms with Crippen LogP contribution in [0.3, 0.4) is 0 Å². The van der Waals surface area contributed by atoms with Crippen LogP contribution in [0.15, 0.2) is 42.5 Å². The van der Waals surface area contributed by atoms with Gasteiger partial charge in [0.25, 0.3) is 0 Å². The Morgan fingerprint density at radius 1 is 1.15 bits per heavy atom. The molecule has 20 heavy (non-hydrogen) atoms. The molecule has 106 valence electrons. The van der Waals surface area contributed by atoms with Gasteiger partial charge in [0.2, 0.25) is 0 Å². The summed E-state index contributed by atoms with van der Waals surface area (Å²) in [6.07, 6.45) is 0. The Bertz CT molecular complexity index is 619. The predicted octanol–water partition coefficient (Wildman–Crippen LogP) is 3.44. The van der Waals surface area contributed by atoms with E-state index >= 15 is 0 Å². The molecule has 1 atom stereocenters. The molecule has 0 heterocycles. The zero-order valence-electron chi connectivity index (χ0n) is 12.4. The van der Waals surface area contributed by atoms with Gasteiger partial charge in [-0.3, -0.25) is 10.1 Å². The SMILES string of the molecule is COC(=O)C(C)(C)NC(C)c1ccc2ccccc2c1. The minimum absolute atomic E-state index is 0.0636. The van der Waals surface area contributed by atoms with E-state index in [4.69, 9.17) is 4.74 Å². The number of carbonyl (C=O) groups excluding carboxylic acids is 1. The first-order valence-corrected chi connectivity index (χ1v) is 6.79. The van der Waals surface area contributed by atoms with Crippen LogP contribution >= 0.6 is 0 Å². The molecule has 0 fully saturated rings. The zero-order valence-corrected chi connectivity index (χ0v) is 12.4. The van der Waals surface area contributed by atoms with Crippen molar-refractivity contribution in [3.8, 4) is 0 Å². The van der Waals surface area contributed by atoms with Crippen molar-refractivity contribution in [3.63, 3.8) is 0 Å². The van der Waals surface area contributed by atoms with Crippen LogP contribution in [0, 0.1) is 0 Å². The number of ether oxygens (including phenoxy) is 1. The maximum atomic E-state index is 11.7. The number of hydrogen-bond donors (Lipinski definition) is 1. The Balaban J connectivity index is 2.23. The maximum Gasteiger partial charge on any atom is 0.325 e. The molecule has 3 nitrogen and oxygen atoms in total. The molecule has 1 unspecified atom stereocenters. The lowest BCUT2D eigenvalue weighted by Gasteiger charge is -2.28. The second kappa shape index (κ2) is 5.63. The molecule has 3 heteroatoms. The van der Waals surface area contributed by atoms with Crippen molar-refractivity contribution in [2.45, 2.75) is 32.4 Å². The lowest BCUT2D eigenvalue weighted by molar-refractivity contribution is -0.147.